The van der Waals surface area contributed by atoms with E-state index < -0.39 is 18.0 Å². The Labute approximate surface area is 82.1 Å². The van der Waals surface area contributed by atoms with E-state index in [1.165, 1.54) is 4.90 Å². The lowest BCUT2D eigenvalue weighted by Gasteiger charge is -2.29. The van der Waals surface area contributed by atoms with E-state index in [4.69, 9.17) is 10.2 Å². The molecule has 14 heavy (non-hydrogen) atoms. The number of nitrogens with zero attached hydrogens (tertiary/aromatic N) is 1. The van der Waals surface area contributed by atoms with Gasteiger partial charge in [0.15, 0.2) is 0 Å². The molecule has 6 heteroatoms. The van der Waals surface area contributed by atoms with Crippen LogP contribution >= 0.6 is 0 Å². The van der Waals surface area contributed by atoms with Crippen LogP contribution in [0.5, 0.6) is 0 Å². The first kappa shape index (κ1) is 12.9. The molecule has 6 nitrogen and oxygen atoms in total. The lowest BCUT2D eigenvalue weighted by molar-refractivity contribution is -0.157. The summed E-state index contributed by atoms with van der Waals surface area (Å²) in [5.41, 5.74) is 0. The van der Waals surface area contributed by atoms with E-state index in [-0.39, 0.29) is 6.15 Å². The zero-order valence-corrected chi connectivity index (χ0v) is 7.98. The van der Waals surface area contributed by atoms with Crippen LogP contribution in [-0.4, -0.2) is 46.2 Å². The Morgan fingerprint density at radius 1 is 1.00 bits per heavy atom. The number of aliphatic carboxylic acids is 2. The van der Waals surface area contributed by atoms with Gasteiger partial charge in [0, 0.05) is 0 Å². The van der Waals surface area contributed by atoms with Crippen molar-refractivity contribution in [2.75, 3.05) is 13.1 Å². The molecule has 1 fully saturated rings. The van der Waals surface area contributed by atoms with Crippen molar-refractivity contribution >= 4 is 11.9 Å². The zero-order chi connectivity index (χ0) is 9.84. The highest BCUT2D eigenvalue weighted by molar-refractivity contribution is 5.97. The molecule has 0 aliphatic carbocycles. The van der Waals surface area contributed by atoms with Crippen LogP contribution in [0.25, 0.3) is 0 Å². The quantitative estimate of drug-likeness (QED) is 0.565. The van der Waals surface area contributed by atoms with Gasteiger partial charge in [-0.15, -0.1) is 0 Å². The predicted octanol–water partition coefficient (Wildman–Crippen LogP) is 0.172. The highest BCUT2D eigenvalue weighted by Crippen LogP contribution is 2.12. The Kier molecular flexibility index (Phi) is 5.11. The fraction of sp³-hybridized carbons (Fsp3) is 0.750. The molecule has 0 aromatic heterocycles. The molecule has 0 bridgehead atoms. The van der Waals surface area contributed by atoms with Crippen LogP contribution in [0.15, 0.2) is 0 Å². The number of likely N-dealkylation sites (tertiary alicyclic amines) is 1. The van der Waals surface area contributed by atoms with Crippen LogP contribution in [0.4, 0.5) is 0 Å². The van der Waals surface area contributed by atoms with Crippen LogP contribution in [0.1, 0.15) is 19.3 Å². The second-order valence-corrected chi connectivity index (χ2v) is 3.18. The van der Waals surface area contributed by atoms with Crippen molar-refractivity contribution in [3.63, 3.8) is 0 Å². The summed E-state index contributed by atoms with van der Waals surface area (Å²) in [6.45, 7) is 1.15. The summed E-state index contributed by atoms with van der Waals surface area (Å²) in [4.78, 5) is 22.7. The Balaban J connectivity index is 0.00000169. The van der Waals surface area contributed by atoms with Gasteiger partial charge in [-0.25, -0.2) is 9.59 Å². The van der Waals surface area contributed by atoms with Crippen LogP contribution in [0, 0.1) is 0 Å². The summed E-state index contributed by atoms with van der Waals surface area (Å²) < 4.78 is 0. The highest BCUT2D eigenvalue weighted by Gasteiger charge is 2.32. The molecule has 1 heterocycles. The molecule has 1 rings (SSSR count). The number of carbonyl (C=O) groups is 2. The Bertz CT molecular complexity index is 199. The molecule has 0 atom stereocenters. The molecular formula is C8H16N2O4. The minimum Gasteiger partial charge on any atom is -0.480 e. The van der Waals surface area contributed by atoms with Crippen molar-refractivity contribution in [1.29, 1.82) is 0 Å². The van der Waals surface area contributed by atoms with Gasteiger partial charge in [0.25, 0.3) is 0 Å². The molecular weight excluding hydrogens is 188 g/mol. The molecule has 1 aliphatic heterocycles. The molecule has 5 N–H and O–H groups in total. The number of carboxylic acid groups (broad SMARTS) is 2. The average Bonchev–Trinajstić information content (AvgIpc) is 2.04. The minimum absolute atomic E-state index is 0. The van der Waals surface area contributed by atoms with Gasteiger partial charge < -0.3 is 16.4 Å². The van der Waals surface area contributed by atoms with Gasteiger partial charge in [-0.3, -0.25) is 4.90 Å². The molecule has 0 amide bonds. The van der Waals surface area contributed by atoms with E-state index in [0.29, 0.717) is 13.1 Å². The molecule has 0 unspecified atom stereocenters. The van der Waals surface area contributed by atoms with Crippen molar-refractivity contribution in [1.82, 2.24) is 11.1 Å². The largest absolute Gasteiger partial charge is 0.480 e. The lowest BCUT2D eigenvalue weighted by atomic mass is 10.1. The van der Waals surface area contributed by atoms with Gasteiger partial charge >= 0.3 is 11.9 Å². The number of piperidine rings is 1. The van der Waals surface area contributed by atoms with E-state index in [1.807, 2.05) is 0 Å². The monoisotopic (exact) mass is 204 g/mol. The van der Waals surface area contributed by atoms with E-state index >= 15 is 0 Å². The fourth-order valence-corrected chi connectivity index (χ4v) is 1.59. The SMILES string of the molecule is N.O=C(O)C(C(=O)O)N1CCCCC1. The maximum atomic E-state index is 10.6. The lowest BCUT2D eigenvalue weighted by Crippen LogP contribution is -2.48. The van der Waals surface area contributed by atoms with Crippen molar-refractivity contribution in [2.24, 2.45) is 0 Å². The van der Waals surface area contributed by atoms with Crippen molar-refractivity contribution in [2.45, 2.75) is 25.3 Å². The van der Waals surface area contributed by atoms with Crippen LogP contribution in [-0.2, 0) is 9.59 Å². The topological polar surface area (TPSA) is 113 Å². The summed E-state index contributed by atoms with van der Waals surface area (Å²) in [5.74, 6) is -2.54. The zero-order valence-electron chi connectivity index (χ0n) is 7.98. The second-order valence-electron chi connectivity index (χ2n) is 3.18. The second kappa shape index (κ2) is 5.56. The predicted molar refractivity (Wildman–Crippen MR) is 49.5 cm³/mol. The summed E-state index contributed by atoms with van der Waals surface area (Å²) >= 11 is 0. The maximum Gasteiger partial charge on any atom is 0.332 e. The van der Waals surface area contributed by atoms with Gasteiger partial charge in [-0.1, -0.05) is 6.42 Å². The van der Waals surface area contributed by atoms with Crippen molar-refractivity contribution in [3.05, 3.63) is 0 Å². The standard InChI is InChI=1S/C8H13NO4.H3N/c10-7(11)6(8(12)13)9-4-2-1-3-5-9;/h6H,1-5H2,(H,10,11)(H,12,13);1H3. The van der Waals surface area contributed by atoms with Crippen LogP contribution in [0.3, 0.4) is 0 Å². The number of carboxylic acids is 2. The molecule has 82 valence electrons. The van der Waals surface area contributed by atoms with E-state index in [9.17, 15) is 9.59 Å². The first-order valence-electron chi connectivity index (χ1n) is 4.32. The van der Waals surface area contributed by atoms with Gasteiger partial charge in [0.2, 0.25) is 6.04 Å². The fourth-order valence-electron chi connectivity index (χ4n) is 1.59. The summed E-state index contributed by atoms with van der Waals surface area (Å²) in [6, 6.07) is -1.36. The maximum absolute atomic E-state index is 10.6. The third-order valence-corrected chi connectivity index (χ3v) is 2.22. The average molecular weight is 204 g/mol. The highest BCUT2D eigenvalue weighted by atomic mass is 16.4. The third-order valence-electron chi connectivity index (χ3n) is 2.22. The Morgan fingerprint density at radius 2 is 1.43 bits per heavy atom. The normalized spacial score (nSPS) is 17.5. The summed E-state index contributed by atoms with van der Waals surface area (Å²) in [5, 5.41) is 17.3. The van der Waals surface area contributed by atoms with E-state index in [1.54, 1.807) is 0 Å². The van der Waals surface area contributed by atoms with Crippen molar-refractivity contribution in [3.8, 4) is 0 Å². The molecule has 0 aromatic carbocycles. The molecule has 1 saturated heterocycles. The van der Waals surface area contributed by atoms with E-state index in [0.717, 1.165) is 19.3 Å². The smallest absolute Gasteiger partial charge is 0.332 e. The van der Waals surface area contributed by atoms with E-state index in [2.05, 4.69) is 0 Å². The van der Waals surface area contributed by atoms with Crippen molar-refractivity contribution < 1.29 is 19.8 Å². The number of hydrogen-bond acceptors (Lipinski definition) is 4. The molecule has 0 spiro atoms. The number of rotatable bonds is 3. The molecule has 0 saturated carbocycles. The Hall–Kier alpha value is -1.14. The van der Waals surface area contributed by atoms with Gasteiger partial charge in [0.05, 0.1) is 0 Å². The molecule has 0 aromatic rings. The first-order chi connectivity index (χ1) is 6.13. The van der Waals surface area contributed by atoms with Gasteiger partial charge in [0.1, 0.15) is 0 Å². The minimum atomic E-state index is -1.36. The third kappa shape index (κ3) is 2.97. The number of hydrogen-bond donors (Lipinski definition) is 3. The van der Waals surface area contributed by atoms with Crippen LogP contribution in [0.2, 0.25) is 0 Å². The van der Waals surface area contributed by atoms with Gasteiger partial charge in [-0.2, -0.15) is 0 Å². The molecule has 1 aliphatic rings. The molecule has 0 radical (unpaired) electrons. The van der Waals surface area contributed by atoms with Gasteiger partial charge in [-0.05, 0) is 25.9 Å². The Morgan fingerprint density at radius 3 is 1.79 bits per heavy atom. The first-order valence-corrected chi connectivity index (χ1v) is 4.32. The van der Waals surface area contributed by atoms with Crippen LogP contribution < -0.4 is 6.15 Å². The summed E-state index contributed by atoms with van der Waals surface area (Å²) in [7, 11) is 0. The summed E-state index contributed by atoms with van der Waals surface area (Å²) in [6.07, 6.45) is 2.83.